The summed E-state index contributed by atoms with van der Waals surface area (Å²) >= 11 is 6.49. The first-order valence-electron chi connectivity index (χ1n) is 15.4. The largest absolute Gasteiger partial charge is 0.474 e. The van der Waals surface area contributed by atoms with E-state index in [1.165, 1.54) is 6.08 Å². The van der Waals surface area contributed by atoms with Gasteiger partial charge in [0.2, 0.25) is 35.2 Å². The summed E-state index contributed by atoms with van der Waals surface area (Å²) in [4.78, 5) is 28.0. The molecule has 3 heterocycles. The van der Waals surface area contributed by atoms with Gasteiger partial charge in [-0.2, -0.15) is 15.0 Å². The number of carbonyl (C=O) groups excluding carboxylic acids is 1. The Bertz CT molecular complexity index is 1540. The van der Waals surface area contributed by atoms with Crippen molar-refractivity contribution in [2.45, 2.75) is 83.2 Å². The van der Waals surface area contributed by atoms with Crippen LogP contribution < -0.4 is 14.8 Å². The molecule has 1 aromatic carbocycles. The van der Waals surface area contributed by atoms with Gasteiger partial charge in [0.25, 0.3) is 0 Å². The summed E-state index contributed by atoms with van der Waals surface area (Å²) in [6.45, 7) is 12.0. The Morgan fingerprint density at radius 1 is 1.28 bits per heavy atom. The lowest BCUT2D eigenvalue weighted by Gasteiger charge is -2.38. The Balaban J connectivity index is 1.64. The van der Waals surface area contributed by atoms with E-state index in [0.717, 1.165) is 5.56 Å². The van der Waals surface area contributed by atoms with Gasteiger partial charge < -0.3 is 24.2 Å². The second-order valence-electron chi connectivity index (χ2n) is 12.1. The number of hydrogen-bond acceptors (Lipinski definition) is 9. The molecule has 1 aliphatic rings. The fourth-order valence-corrected chi connectivity index (χ4v) is 5.88. The Labute approximate surface area is 275 Å². The minimum atomic E-state index is -1.01. The lowest BCUT2D eigenvalue weighted by molar-refractivity contribution is -0.130. The highest BCUT2D eigenvalue weighted by molar-refractivity contribution is 6.31. The average Bonchev–Trinajstić information content (AvgIpc) is 3.53. The Kier molecular flexibility index (Phi) is 11.8. The van der Waals surface area contributed by atoms with E-state index in [1.54, 1.807) is 24.1 Å². The number of aromatic nitrogens is 4. The van der Waals surface area contributed by atoms with Crippen LogP contribution in [-0.2, 0) is 10.2 Å². The van der Waals surface area contributed by atoms with Crippen LogP contribution in [0.2, 0.25) is 5.02 Å². The average molecular weight is 653 g/mol. The van der Waals surface area contributed by atoms with Gasteiger partial charge in [-0.05, 0) is 57.9 Å². The minimum absolute atomic E-state index is 0.115. The molecule has 1 fully saturated rings. The van der Waals surface area contributed by atoms with Gasteiger partial charge in [-0.25, -0.2) is 4.39 Å². The highest BCUT2D eigenvalue weighted by atomic mass is 35.5. The molecule has 1 amide bonds. The van der Waals surface area contributed by atoms with Gasteiger partial charge in [-0.1, -0.05) is 48.5 Å². The molecule has 0 radical (unpaired) electrons. The van der Waals surface area contributed by atoms with Crippen LogP contribution in [0.5, 0.6) is 11.8 Å². The van der Waals surface area contributed by atoms with Crippen LogP contribution in [0.25, 0.3) is 11.6 Å². The number of hydrogen-bond donors (Lipinski definition) is 1. The number of piperidine rings is 1. The quantitative estimate of drug-likeness (QED) is 0.170. The minimum Gasteiger partial charge on any atom is -0.474 e. The fourth-order valence-electron chi connectivity index (χ4n) is 5.51. The topological polar surface area (TPSA) is 116 Å². The third-order valence-corrected chi connectivity index (χ3v) is 8.64. The van der Waals surface area contributed by atoms with Gasteiger partial charge >= 0.3 is 0 Å². The molecular weight excluding hydrogens is 611 g/mol. The van der Waals surface area contributed by atoms with E-state index in [0.29, 0.717) is 43.1 Å². The lowest BCUT2D eigenvalue weighted by Crippen LogP contribution is -2.48. The first-order chi connectivity index (χ1) is 22.0. The van der Waals surface area contributed by atoms with Crippen molar-refractivity contribution in [3.63, 3.8) is 0 Å². The zero-order valence-electron chi connectivity index (χ0n) is 27.0. The number of benzene rings is 1. The molecule has 46 heavy (non-hydrogen) atoms. The van der Waals surface area contributed by atoms with Crippen molar-refractivity contribution in [3.05, 3.63) is 59.5 Å². The first kappa shape index (κ1) is 34.9. The number of amides is 1. The number of terminal acetylenes is 1. The van der Waals surface area contributed by atoms with Crippen LogP contribution in [-0.4, -0.2) is 75.5 Å². The number of halogens is 2. The molecule has 1 aliphatic heterocycles. The number of nitrogens with zero attached hydrogens (tertiary/aromatic N) is 5. The Morgan fingerprint density at radius 3 is 2.72 bits per heavy atom. The van der Waals surface area contributed by atoms with Crippen LogP contribution in [0.15, 0.2) is 47.5 Å². The van der Waals surface area contributed by atoms with Gasteiger partial charge in [0, 0.05) is 43.4 Å². The molecule has 0 bridgehead atoms. The second kappa shape index (κ2) is 15.5. The number of alkyl halides is 1. The molecule has 0 spiro atoms. The number of nitrogens with one attached hydrogen (secondary N) is 1. The van der Waals surface area contributed by atoms with Gasteiger partial charge in [0.15, 0.2) is 0 Å². The van der Waals surface area contributed by atoms with Crippen LogP contribution in [0.3, 0.4) is 0 Å². The van der Waals surface area contributed by atoms with Crippen molar-refractivity contribution in [2.75, 3.05) is 20.1 Å². The molecule has 246 valence electrons. The van der Waals surface area contributed by atoms with Gasteiger partial charge in [-0.15, -0.1) is 12.3 Å². The van der Waals surface area contributed by atoms with E-state index in [-0.39, 0.29) is 60.0 Å². The maximum atomic E-state index is 14.4. The number of ether oxygens (including phenoxy) is 2. The van der Waals surface area contributed by atoms with E-state index in [9.17, 15) is 9.18 Å². The van der Waals surface area contributed by atoms with Crippen molar-refractivity contribution in [3.8, 4) is 35.8 Å². The van der Waals surface area contributed by atoms with E-state index in [2.05, 4.69) is 37.9 Å². The van der Waals surface area contributed by atoms with E-state index in [4.69, 9.17) is 32.0 Å². The molecule has 2 aromatic heterocycles. The molecule has 0 unspecified atom stereocenters. The number of rotatable bonds is 14. The predicted octanol–water partition coefficient (Wildman–Crippen LogP) is 5.80. The third-order valence-electron chi connectivity index (χ3n) is 8.31. The standard InChI is InChI=1S/C34H42ClFN6O4/c1-8-12-24-18-25(15-16-42(24)30(43)9-2)45-29-19-28(44-22(4)21(3)17-23(36)20-37-7)38-31(39-29)32-40-33(46-41-32)34(5,6)26-13-10-11-14-27(26)35/h1,9-11,13-14,19,21-25,37H,2,12,15-18,20H2,3-7H3/t21-,22-,23+,24+,25-/m0/s1. The molecule has 1 N–H and O–H groups in total. The molecule has 3 aromatic rings. The number of likely N-dealkylation sites (tertiary alicyclic amines) is 1. The van der Waals surface area contributed by atoms with Crippen molar-refractivity contribution < 1.29 is 23.2 Å². The Hall–Kier alpha value is -4.01. The normalized spacial score (nSPS) is 18.7. The molecule has 0 aliphatic carbocycles. The van der Waals surface area contributed by atoms with Gasteiger partial charge in [0.05, 0.1) is 11.5 Å². The molecule has 1 saturated heterocycles. The molecule has 10 nitrogen and oxygen atoms in total. The molecular formula is C34H42ClFN6O4. The van der Waals surface area contributed by atoms with Crippen LogP contribution in [0.4, 0.5) is 4.39 Å². The number of carbonyl (C=O) groups is 1. The van der Waals surface area contributed by atoms with Gasteiger partial charge in [0.1, 0.15) is 18.4 Å². The van der Waals surface area contributed by atoms with Crippen molar-refractivity contribution >= 4 is 17.5 Å². The highest BCUT2D eigenvalue weighted by Gasteiger charge is 2.34. The van der Waals surface area contributed by atoms with Crippen molar-refractivity contribution in [1.29, 1.82) is 0 Å². The smallest absolute Gasteiger partial charge is 0.246 e. The van der Waals surface area contributed by atoms with Gasteiger partial charge in [-0.3, -0.25) is 4.79 Å². The maximum Gasteiger partial charge on any atom is 0.246 e. The summed E-state index contributed by atoms with van der Waals surface area (Å²) in [7, 11) is 1.72. The predicted molar refractivity (Wildman–Crippen MR) is 174 cm³/mol. The fraction of sp³-hybridized carbons (Fsp3) is 0.500. The zero-order valence-corrected chi connectivity index (χ0v) is 27.8. The van der Waals surface area contributed by atoms with E-state index in [1.807, 2.05) is 45.9 Å². The summed E-state index contributed by atoms with van der Waals surface area (Å²) < 4.78 is 32.6. The summed E-state index contributed by atoms with van der Waals surface area (Å²) in [5.41, 5.74) is 0.115. The summed E-state index contributed by atoms with van der Waals surface area (Å²) in [6.07, 6.45) is 7.00. The maximum absolute atomic E-state index is 14.4. The molecule has 4 rings (SSSR count). The zero-order chi connectivity index (χ0) is 33.4. The second-order valence-corrected chi connectivity index (χ2v) is 12.6. The molecule has 5 atom stereocenters. The summed E-state index contributed by atoms with van der Waals surface area (Å²) in [5.74, 6) is 3.43. The third kappa shape index (κ3) is 8.42. The lowest BCUT2D eigenvalue weighted by atomic mass is 9.84. The van der Waals surface area contributed by atoms with Crippen LogP contribution in [0.1, 0.15) is 64.8 Å². The summed E-state index contributed by atoms with van der Waals surface area (Å²) in [6, 6.07) is 8.86. The van der Waals surface area contributed by atoms with Crippen molar-refractivity contribution in [1.82, 2.24) is 30.3 Å². The van der Waals surface area contributed by atoms with E-state index < -0.39 is 11.6 Å². The van der Waals surface area contributed by atoms with Crippen LogP contribution >= 0.6 is 11.6 Å². The van der Waals surface area contributed by atoms with Crippen LogP contribution in [0, 0.1) is 18.3 Å². The molecule has 12 heteroatoms. The monoisotopic (exact) mass is 652 g/mol. The first-order valence-corrected chi connectivity index (χ1v) is 15.8. The summed E-state index contributed by atoms with van der Waals surface area (Å²) in [5, 5.41) is 7.63. The SMILES string of the molecule is C#CC[C@@H]1C[C@@H](Oc2cc(O[C@@H](C)[C@@H](C)C[C@@H](F)CNC)nc(-c3noc(C(C)(C)c4ccccc4Cl)n3)n2)CCN1C(=O)C=C. The highest BCUT2D eigenvalue weighted by Crippen LogP contribution is 2.36. The van der Waals surface area contributed by atoms with E-state index >= 15 is 0 Å². The molecule has 0 saturated carbocycles. The van der Waals surface area contributed by atoms with Crippen molar-refractivity contribution in [2.24, 2.45) is 5.92 Å². The Morgan fingerprint density at radius 2 is 2.02 bits per heavy atom.